The molecular weight excluding hydrogens is 432 g/mol. The van der Waals surface area contributed by atoms with E-state index in [-0.39, 0.29) is 24.7 Å². The normalized spacial score (nSPS) is 15.6. The summed E-state index contributed by atoms with van der Waals surface area (Å²) in [4.78, 5) is 38.3. The molecule has 0 bridgehead atoms. The minimum atomic E-state index is -1.10. The van der Waals surface area contributed by atoms with Gasteiger partial charge in [0, 0.05) is 12.1 Å². The van der Waals surface area contributed by atoms with Crippen molar-refractivity contribution in [3.8, 4) is 0 Å². The number of amides is 2. The molecule has 8 heteroatoms. The number of hydrogen-bond acceptors (Lipinski definition) is 4. The van der Waals surface area contributed by atoms with E-state index in [1.54, 1.807) is 24.3 Å². The van der Waals surface area contributed by atoms with Gasteiger partial charge in [-0.2, -0.15) is 0 Å². The summed E-state index contributed by atoms with van der Waals surface area (Å²) in [6.07, 6.45) is 4.53. The third kappa shape index (κ3) is 6.91. The zero-order valence-corrected chi connectivity index (χ0v) is 19.1. The van der Waals surface area contributed by atoms with E-state index in [9.17, 15) is 19.5 Å². The highest BCUT2D eigenvalue weighted by Gasteiger charge is 2.35. The van der Waals surface area contributed by atoms with Gasteiger partial charge in [-0.1, -0.05) is 73.9 Å². The fraction of sp³-hybridized carbons (Fsp3) is 0.385. The molecule has 0 heterocycles. The molecule has 1 aliphatic carbocycles. The third-order valence-electron chi connectivity index (χ3n) is 6.33. The van der Waals surface area contributed by atoms with E-state index >= 15 is 0 Å². The number of benzene rings is 2. The summed E-state index contributed by atoms with van der Waals surface area (Å²) in [6.45, 7) is 0.262. The molecule has 180 valence electrons. The van der Waals surface area contributed by atoms with Gasteiger partial charge in [0.15, 0.2) is 0 Å². The van der Waals surface area contributed by atoms with E-state index in [1.807, 2.05) is 30.3 Å². The monoisotopic (exact) mass is 464 g/mol. The van der Waals surface area contributed by atoms with Gasteiger partial charge in [-0.3, -0.25) is 15.0 Å². The SMILES string of the molecule is N=C(N)c1ccc(CC(C(=O)NCc2ccccc2)C(=O)N[C@H](C(=O)O)C2CCCCC2)cc1. The minimum Gasteiger partial charge on any atom is -0.480 e. The van der Waals surface area contributed by atoms with Crippen molar-refractivity contribution in [2.24, 2.45) is 17.6 Å². The van der Waals surface area contributed by atoms with Crippen molar-refractivity contribution in [2.75, 3.05) is 0 Å². The molecule has 2 aromatic rings. The highest BCUT2D eigenvalue weighted by Crippen LogP contribution is 2.27. The van der Waals surface area contributed by atoms with Crippen LogP contribution in [0.3, 0.4) is 0 Å². The van der Waals surface area contributed by atoms with E-state index in [2.05, 4.69) is 10.6 Å². The molecule has 1 aliphatic rings. The number of carboxylic acid groups (broad SMARTS) is 1. The first kappa shape index (κ1) is 25.0. The van der Waals surface area contributed by atoms with Crippen LogP contribution < -0.4 is 16.4 Å². The third-order valence-corrected chi connectivity index (χ3v) is 6.33. The number of nitrogens with two attached hydrogens (primary N) is 1. The van der Waals surface area contributed by atoms with Crippen LogP contribution in [0, 0.1) is 17.2 Å². The summed E-state index contributed by atoms with van der Waals surface area (Å²) in [5.74, 6) is -3.45. The van der Waals surface area contributed by atoms with Gasteiger partial charge in [0.2, 0.25) is 11.8 Å². The second kappa shape index (κ2) is 12.0. The number of rotatable bonds is 10. The van der Waals surface area contributed by atoms with Crippen LogP contribution in [-0.2, 0) is 27.3 Å². The minimum absolute atomic E-state index is 0.0711. The summed E-state index contributed by atoms with van der Waals surface area (Å²) >= 11 is 0. The number of carbonyl (C=O) groups excluding carboxylic acids is 2. The molecule has 1 fully saturated rings. The number of hydrogen-bond donors (Lipinski definition) is 5. The highest BCUT2D eigenvalue weighted by molar-refractivity contribution is 6.01. The van der Waals surface area contributed by atoms with Gasteiger partial charge in [0.1, 0.15) is 17.8 Å². The Morgan fingerprint density at radius 2 is 1.59 bits per heavy atom. The van der Waals surface area contributed by atoms with Crippen LogP contribution in [0.4, 0.5) is 0 Å². The van der Waals surface area contributed by atoms with Gasteiger partial charge in [-0.05, 0) is 36.3 Å². The molecule has 0 aromatic heterocycles. The molecule has 2 aromatic carbocycles. The van der Waals surface area contributed by atoms with Crippen molar-refractivity contribution >= 4 is 23.6 Å². The Bertz CT molecular complexity index is 1000. The van der Waals surface area contributed by atoms with Gasteiger partial charge < -0.3 is 21.5 Å². The van der Waals surface area contributed by atoms with Crippen LogP contribution in [-0.4, -0.2) is 34.8 Å². The molecule has 1 saturated carbocycles. The first-order valence-electron chi connectivity index (χ1n) is 11.6. The first-order chi connectivity index (χ1) is 16.3. The lowest BCUT2D eigenvalue weighted by Gasteiger charge is -2.29. The summed E-state index contributed by atoms with van der Waals surface area (Å²) < 4.78 is 0. The highest BCUT2D eigenvalue weighted by atomic mass is 16.4. The van der Waals surface area contributed by atoms with Crippen molar-refractivity contribution in [3.63, 3.8) is 0 Å². The van der Waals surface area contributed by atoms with Gasteiger partial charge >= 0.3 is 5.97 Å². The summed E-state index contributed by atoms with van der Waals surface area (Å²) in [5.41, 5.74) is 7.66. The molecule has 0 saturated heterocycles. The number of nitrogen functional groups attached to an aromatic ring is 1. The van der Waals surface area contributed by atoms with E-state index in [0.29, 0.717) is 11.1 Å². The standard InChI is InChI=1S/C26H32N4O4/c27-23(28)20-13-11-17(12-14-20)15-21(24(31)29-16-18-7-3-1-4-8-18)25(32)30-22(26(33)34)19-9-5-2-6-10-19/h1,3-4,7-8,11-14,19,21-22H,2,5-6,9-10,15-16H2,(H3,27,28)(H,29,31)(H,30,32)(H,33,34)/t21?,22-/m0/s1. The molecule has 1 unspecified atom stereocenters. The number of aliphatic carboxylic acids is 1. The molecule has 2 atom stereocenters. The Morgan fingerprint density at radius 1 is 0.941 bits per heavy atom. The average molecular weight is 465 g/mol. The van der Waals surface area contributed by atoms with Gasteiger partial charge in [-0.25, -0.2) is 4.79 Å². The lowest BCUT2D eigenvalue weighted by molar-refractivity contribution is -0.146. The van der Waals surface area contributed by atoms with Crippen molar-refractivity contribution < 1.29 is 19.5 Å². The maximum Gasteiger partial charge on any atom is 0.326 e. The molecule has 6 N–H and O–H groups in total. The zero-order valence-electron chi connectivity index (χ0n) is 19.1. The summed E-state index contributed by atoms with van der Waals surface area (Å²) in [7, 11) is 0. The van der Waals surface area contributed by atoms with Gasteiger partial charge in [0.05, 0.1) is 0 Å². The number of carboxylic acids is 1. The quantitative estimate of drug-likeness (QED) is 0.208. The molecule has 34 heavy (non-hydrogen) atoms. The largest absolute Gasteiger partial charge is 0.480 e. The Kier molecular flexibility index (Phi) is 8.79. The second-order valence-electron chi connectivity index (χ2n) is 8.79. The molecular formula is C26H32N4O4. The van der Waals surface area contributed by atoms with Gasteiger partial charge in [0.25, 0.3) is 0 Å². The molecule has 0 aliphatic heterocycles. The summed E-state index contributed by atoms with van der Waals surface area (Å²) in [6, 6.07) is 15.1. The second-order valence-corrected chi connectivity index (χ2v) is 8.79. The number of carbonyl (C=O) groups is 3. The maximum atomic E-state index is 13.2. The van der Waals surface area contributed by atoms with Crippen molar-refractivity contribution in [3.05, 3.63) is 71.3 Å². The van der Waals surface area contributed by atoms with Crippen LogP contribution in [0.25, 0.3) is 0 Å². The van der Waals surface area contributed by atoms with Gasteiger partial charge in [-0.15, -0.1) is 0 Å². The summed E-state index contributed by atoms with van der Waals surface area (Å²) in [5, 5.41) is 22.8. The van der Waals surface area contributed by atoms with Crippen molar-refractivity contribution in [1.82, 2.24) is 10.6 Å². The van der Waals surface area contributed by atoms with E-state index < -0.39 is 29.7 Å². The number of nitrogens with one attached hydrogen (secondary N) is 3. The maximum absolute atomic E-state index is 13.2. The molecule has 0 radical (unpaired) electrons. The Labute approximate surface area is 199 Å². The van der Waals surface area contributed by atoms with Crippen LogP contribution in [0.15, 0.2) is 54.6 Å². The molecule has 3 rings (SSSR count). The van der Waals surface area contributed by atoms with Crippen LogP contribution in [0.1, 0.15) is 48.8 Å². The van der Waals surface area contributed by atoms with Crippen LogP contribution >= 0.6 is 0 Å². The predicted molar refractivity (Wildman–Crippen MR) is 129 cm³/mol. The van der Waals surface area contributed by atoms with Crippen molar-refractivity contribution in [1.29, 1.82) is 5.41 Å². The van der Waals surface area contributed by atoms with Crippen LogP contribution in [0.2, 0.25) is 0 Å². The lowest BCUT2D eigenvalue weighted by atomic mass is 9.83. The molecule has 2 amide bonds. The van der Waals surface area contributed by atoms with E-state index in [0.717, 1.165) is 37.7 Å². The zero-order chi connectivity index (χ0) is 24.5. The predicted octanol–water partition coefficient (Wildman–Crippen LogP) is 2.60. The van der Waals surface area contributed by atoms with E-state index in [4.69, 9.17) is 11.1 Å². The van der Waals surface area contributed by atoms with Crippen LogP contribution in [0.5, 0.6) is 0 Å². The lowest BCUT2D eigenvalue weighted by Crippen LogP contribution is -2.51. The first-order valence-corrected chi connectivity index (χ1v) is 11.6. The fourth-order valence-electron chi connectivity index (χ4n) is 4.37. The molecule has 0 spiro atoms. The topological polar surface area (TPSA) is 145 Å². The molecule has 8 nitrogen and oxygen atoms in total. The Hall–Kier alpha value is -3.68. The fourth-order valence-corrected chi connectivity index (χ4v) is 4.37. The Morgan fingerprint density at radius 3 is 2.18 bits per heavy atom. The van der Waals surface area contributed by atoms with Crippen molar-refractivity contribution in [2.45, 2.75) is 51.1 Å². The Balaban J connectivity index is 1.76. The number of amidine groups is 1. The van der Waals surface area contributed by atoms with E-state index in [1.165, 1.54) is 0 Å². The smallest absolute Gasteiger partial charge is 0.326 e. The average Bonchev–Trinajstić information content (AvgIpc) is 2.85.